The van der Waals surface area contributed by atoms with Crippen LogP contribution in [0.5, 0.6) is 5.75 Å². The van der Waals surface area contributed by atoms with Crippen LogP contribution in [-0.4, -0.2) is 13.5 Å². The van der Waals surface area contributed by atoms with Gasteiger partial charge in [-0.25, -0.2) is 13.1 Å². The molecule has 2 aromatic rings. The fraction of sp³-hybridized carbons (Fsp3) is 0.0909. The van der Waals surface area contributed by atoms with Crippen LogP contribution in [0.4, 0.5) is 5.69 Å². The molecule has 0 saturated heterocycles. The molecule has 0 saturated carbocycles. The highest BCUT2D eigenvalue weighted by Crippen LogP contribution is 2.26. The summed E-state index contributed by atoms with van der Waals surface area (Å²) in [6.45, 7) is -0.0191. The number of hydrogen-bond donors (Lipinski definition) is 3. The first-order valence-corrected chi connectivity index (χ1v) is 8.30. The van der Waals surface area contributed by atoms with E-state index in [1.807, 2.05) is 0 Å². The number of hydrogen-bond acceptors (Lipinski definition) is 5. The summed E-state index contributed by atoms with van der Waals surface area (Å²) in [7, 11) is -3.58. The van der Waals surface area contributed by atoms with E-state index in [2.05, 4.69) is 20.7 Å². The van der Waals surface area contributed by atoms with Crippen molar-refractivity contribution in [2.45, 2.75) is 10.8 Å². The zero-order chi connectivity index (χ0) is 14.0. The smallest absolute Gasteiger partial charge is 0.250 e. The zero-order valence-corrected chi connectivity index (χ0v) is 12.8. The van der Waals surface area contributed by atoms with Gasteiger partial charge in [-0.1, -0.05) is 0 Å². The molecule has 2 rings (SSSR count). The number of nitrogens with one attached hydrogen (secondary N) is 1. The van der Waals surface area contributed by atoms with Crippen molar-refractivity contribution in [1.82, 2.24) is 4.72 Å². The third-order valence-electron chi connectivity index (χ3n) is 2.37. The first-order valence-electron chi connectivity index (χ1n) is 5.21. The first kappa shape index (κ1) is 14.3. The Labute approximate surface area is 123 Å². The van der Waals surface area contributed by atoms with Crippen molar-refractivity contribution in [3.63, 3.8) is 0 Å². The number of thiophene rings is 1. The van der Waals surface area contributed by atoms with E-state index in [0.717, 1.165) is 15.1 Å². The number of benzene rings is 1. The van der Waals surface area contributed by atoms with Gasteiger partial charge in [0, 0.05) is 17.8 Å². The number of rotatable bonds is 4. The number of halogens is 1. The summed E-state index contributed by atoms with van der Waals surface area (Å²) in [4.78, 5) is 0. The number of aromatic hydroxyl groups is 1. The highest BCUT2D eigenvalue weighted by molar-refractivity contribution is 9.11. The second kappa shape index (κ2) is 5.49. The minimum Gasteiger partial charge on any atom is -0.508 e. The van der Waals surface area contributed by atoms with Crippen molar-refractivity contribution in [3.8, 4) is 5.75 Å². The Morgan fingerprint density at radius 1 is 1.32 bits per heavy atom. The van der Waals surface area contributed by atoms with Crippen LogP contribution in [0.1, 0.15) is 5.56 Å². The Morgan fingerprint density at radius 2 is 2.05 bits per heavy atom. The predicted octanol–water partition coefficient (Wildman–Crippen LogP) is 2.28. The minimum absolute atomic E-state index is 0.00394. The molecule has 102 valence electrons. The number of sulfonamides is 1. The lowest BCUT2D eigenvalue weighted by Gasteiger charge is -2.07. The molecule has 19 heavy (non-hydrogen) atoms. The lowest BCUT2D eigenvalue weighted by atomic mass is 10.2. The maximum atomic E-state index is 12.0. The fourth-order valence-corrected chi connectivity index (χ4v) is 4.49. The molecule has 0 aliphatic rings. The average molecular weight is 363 g/mol. The number of phenolic OH excluding ortho intramolecular Hbond substituents is 1. The normalized spacial score (nSPS) is 11.6. The lowest BCUT2D eigenvalue weighted by Crippen LogP contribution is -2.22. The molecule has 0 amide bonds. The second-order valence-electron chi connectivity index (χ2n) is 3.77. The molecule has 0 aliphatic carbocycles. The summed E-state index contributed by atoms with van der Waals surface area (Å²) >= 11 is 4.33. The molecule has 0 fully saturated rings. The number of phenols is 1. The maximum Gasteiger partial charge on any atom is 0.250 e. The Bertz CT molecular complexity index is 698. The topological polar surface area (TPSA) is 92.4 Å². The van der Waals surface area contributed by atoms with E-state index in [0.29, 0.717) is 11.3 Å². The summed E-state index contributed by atoms with van der Waals surface area (Å²) in [6.07, 6.45) is 0. The van der Waals surface area contributed by atoms with Crippen LogP contribution in [0.3, 0.4) is 0 Å². The Hall–Kier alpha value is -1.09. The van der Waals surface area contributed by atoms with Crippen molar-refractivity contribution in [1.29, 1.82) is 0 Å². The van der Waals surface area contributed by atoms with E-state index < -0.39 is 10.0 Å². The molecule has 0 aliphatic heterocycles. The highest BCUT2D eigenvalue weighted by atomic mass is 79.9. The van der Waals surface area contributed by atoms with Gasteiger partial charge in [-0.3, -0.25) is 0 Å². The van der Waals surface area contributed by atoms with Gasteiger partial charge in [0.25, 0.3) is 0 Å². The Morgan fingerprint density at radius 3 is 2.68 bits per heavy atom. The van der Waals surface area contributed by atoms with Crippen molar-refractivity contribution in [2.24, 2.45) is 0 Å². The lowest BCUT2D eigenvalue weighted by molar-refractivity contribution is 0.467. The van der Waals surface area contributed by atoms with E-state index in [4.69, 9.17) is 5.73 Å². The van der Waals surface area contributed by atoms with Crippen LogP contribution in [-0.2, 0) is 16.6 Å². The zero-order valence-electron chi connectivity index (χ0n) is 9.63. The molecule has 4 N–H and O–H groups in total. The molecule has 0 spiro atoms. The van der Waals surface area contributed by atoms with E-state index in [1.54, 1.807) is 12.1 Å². The minimum atomic E-state index is -3.58. The van der Waals surface area contributed by atoms with Crippen molar-refractivity contribution < 1.29 is 13.5 Å². The van der Waals surface area contributed by atoms with Gasteiger partial charge in [-0.2, -0.15) is 0 Å². The number of nitrogens with two attached hydrogens (primary N) is 1. The molecule has 0 radical (unpaired) electrons. The summed E-state index contributed by atoms with van der Waals surface area (Å²) in [5.74, 6) is 0.00394. The van der Waals surface area contributed by atoms with E-state index in [9.17, 15) is 13.5 Å². The number of anilines is 1. The molecule has 5 nitrogen and oxygen atoms in total. The average Bonchev–Trinajstić information content (AvgIpc) is 2.78. The van der Waals surface area contributed by atoms with Crippen LogP contribution in [0.15, 0.2) is 38.3 Å². The third kappa shape index (κ3) is 3.47. The van der Waals surface area contributed by atoms with Crippen molar-refractivity contribution in [3.05, 3.63) is 39.7 Å². The molecule has 1 aromatic heterocycles. The largest absolute Gasteiger partial charge is 0.508 e. The van der Waals surface area contributed by atoms with Crippen LogP contribution in [0, 0.1) is 0 Å². The van der Waals surface area contributed by atoms with Gasteiger partial charge in [-0.05, 0) is 46.3 Å². The van der Waals surface area contributed by atoms with Gasteiger partial charge >= 0.3 is 0 Å². The second-order valence-corrected chi connectivity index (χ2v) is 8.23. The first-order chi connectivity index (χ1) is 8.88. The van der Waals surface area contributed by atoms with Crippen LogP contribution in [0.25, 0.3) is 0 Å². The quantitative estimate of drug-likeness (QED) is 0.574. The number of nitrogen functional groups attached to an aromatic ring is 1. The molecule has 8 heteroatoms. The van der Waals surface area contributed by atoms with Crippen LogP contribution in [0.2, 0.25) is 0 Å². The van der Waals surface area contributed by atoms with Gasteiger partial charge in [0.05, 0.1) is 3.79 Å². The molecular weight excluding hydrogens is 352 g/mol. The van der Waals surface area contributed by atoms with Gasteiger partial charge in [0.2, 0.25) is 10.0 Å². The summed E-state index contributed by atoms with van der Waals surface area (Å²) in [5.41, 5.74) is 6.48. The molecule has 1 heterocycles. The van der Waals surface area contributed by atoms with Crippen molar-refractivity contribution >= 4 is 43.0 Å². The molecule has 0 atom stereocenters. The predicted molar refractivity (Wildman–Crippen MR) is 78.6 cm³/mol. The SMILES string of the molecule is Nc1ccc(O)c(CNS(=O)(=O)c2ccc(Br)s2)c1. The fourth-order valence-electron chi connectivity index (χ4n) is 1.43. The van der Waals surface area contributed by atoms with Crippen LogP contribution < -0.4 is 10.5 Å². The standard InChI is InChI=1S/C11H11BrN2O3S2/c12-10-3-4-11(18-10)19(16,17)14-6-7-5-8(13)1-2-9(7)15/h1-5,14-15H,6,13H2. The van der Waals surface area contributed by atoms with E-state index in [-0.39, 0.29) is 16.5 Å². The van der Waals surface area contributed by atoms with E-state index >= 15 is 0 Å². The van der Waals surface area contributed by atoms with Gasteiger partial charge in [-0.15, -0.1) is 11.3 Å². The Balaban J connectivity index is 2.16. The maximum absolute atomic E-state index is 12.0. The molecule has 0 bridgehead atoms. The van der Waals surface area contributed by atoms with Crippen molar-refractivity contribution in [2.75, 3.05) is 5.73 Å². The molecular formula is C11H11BrN2O3S2. The van der Waals surface area contributed by atoms with Gasteiger partial charge in [0.15, 0.2) is 0 Å². The monoisotopic (exact) mass is 362 g/mol. The Kier molecular flexibility index (Phi) is 4.14. The third-order valence-corrected chi connectivity index (χ3v) is 5.89. The summed E-state index contributed by atoms with van der Waals surface area (Å²) in [6, 6.07) is 7.68. The van der Waals surface area contributed by atoms with E-state index in [1.165, 1.54) is 18.2 Å². The van der Waals surface area contributed by atoms with Crippen LogP contribution >= 0.6 is 27.3 Å². The van der Waals surface area contributed by atoms with Gasteiger partial charge < -0.3 is 10.8 Å². The van der Waals surface area contributed by atoms with Gasteiger partial charge in [0.1, 0.15) is 9.96 Å². The molecule has 0 unspecified atom stereocenters. The highest BCUT2D eigenvalue weighted by Gasteiger charge is 2.16. The molecule has 1 aromatic carbocycles. The summed E-state index contributed by atoms with van der Waals surface area (Å²) in [5, 5.41) is 9.61. The summed E-state index contributed by atoms with van der Waals surface area (Å²) < 4.78 is 27.3.